The molecule has 0 bridgehead atoms. The minimum atomic E-state index is -1.09. The van der Waals surface area contributed by atoms with Crippen molar-refractivity contribution in [1.29, 1.82) is 0 Å². The maximum absolute atomic E-state index is 11.3. The summed E-state index contributed by atoms with van der Waals surface area (Å²) in [5.74, 6) is -1.85. The maximum atomic E-state index is 11.3. The monoisotopic (exact) mass is 265 g/mol. The first kappa shape index (κ1) is 14.2. The van der Waals surface area contributed by atoms with Gasteiger partial charge in [-0.05, 0) is 24.3 Å². The standard InChI is InChI=1S/C11H11N3O5/c1-6(15)13-10(12)14-11(18)19-8-4-2-7(3-5-8)9(16)17/h2-5H,1H3,(H,16,17)(H3,12,13,14,15,18). The van der Waals surface area contributed by atoms with E-state index >= 15 is 0 Å². The Labute approximate surface area is 107 Å². The van der Waals surface area contributed by atoms with Gasteiger partial charge in [0, 0.05) is 6.92 Å². The van der Waals surface area contributed by atoms with Crippen molar-refractivity contribution in [3.63, 3.8) is 0 Å². The van der Waals surface area contributed by atoms with Crippen molar-refractivity contribution < 1.29 is 24.2 Å². The van der Waals surface area contributed by atoms with Crippen molar-refractivity contribution in [2.45, 2.75) is 6.92 Å². The summed E-state index contributed by atoms with van der Waals surface area (Å²) in [4.78, 5) is 35.7. The largest absolute Gasteiger partial charge is 0.478 e. The van der Waals surface area contributed by atoms with Crippen LogP contribution < -0.4 is 15.8 Å². The normalized spacial score (nSPS) is 10.7. The number of carboxylic acids is 1. The van der Waals surface area contributed by atoms with E-state index in [-0.39, 0.29) is 17.3 Å². The highest BCUT2D eigenvalue weighted by Gasteiger charge is 2.07. The molecule has 0 aliphatic heterocycles. The molecule has 0 atom stereocenters. The van der Waals surface area contributed by atoms with E-state index in [0.29, 0.717) is 0 Å². The number of rotatable bonds is 2. The molecule has 0 fully saturated rings. The summed E-state index contributed by atoms with van der Waals surface area (Å²) in [6.45, 7) is 1.21. The Kier molecular flexibility index (Phi) is 4.58. The third-order valence-corrected chi connectivity index (χ3v) is 1.82. The number of aliphatic imine (C=N–C) groups is 1. The number of ether oxygens (including phenoxy) is 1. The number of carbonyl (C=O) groups excluding carboxylic acids is 2. The van der Waals surface area contributed by atoms with Crippen LogP contribution in [0.1, 0.15) is 17.3 Å². The average molecular weight is 265 g/mol. The van der Waals surface area contributed by atoms with Crippen LogP contribution in [0.25, 0.3) is 0 Å². The molecule has 0 saturated heterocycles. The number of carbonyl (C=O) groups is 3. The Morgan fingerprint density at radius 1 is 1.26 bits per heavy atom. The smallest absolute Gasteiger partial charge is 0.442 e. The van der Waals surface area contributed by atoms with Gasteiger partial charge in [-0.15, -0.1) is 4.99 Å². The molecular formula is C11H11N3O5. The summed E-state index contributed by atoms with van der Waals surface area (Å²) in [6.07, 6.45) is -1.03. The van der Waals surface area contributed by atoms with Crippen molar-refractivity contribution in [2.75, 3.05) is 0 Å². The summed E-state index contributed by atoms with van der Waals surface area (Å²) < 4.78 is 4.75. The summed E-state index contributed by atoms with van der Waals surface area (Å²) in [5.41, 5.74) is 5.29. The van der Waals surface area contributed by atoms with E-state index in [4.69, 9.17) is 15.6 Å². The predicted octanol–water partition coefficient (Wildman–Crippen LogP) is 0.334. The van der Waals surface area contributed by atoms with Gasteiger partial charge in [0.25, 0.3) is 0 Å². The first-order valence-electron chi connectivity index (χ1n) is 5.05. The third kappa shape index (κ3) is 4.86. The molecule has 1 aromatic rings. The molecule has 8 heteroatoms. The van der Waals surface area contributed by atoms with Gasteiger partial charge < -0.3 is 15.6 Å². The van der Waals surface area contributed by atoms with Gasteiger partial charge in [0.15, 0.2) is 0 Å². The SMILES string of the molecule is CC(=O)NC(N)=NC(=O)Oc1ccc(C(=O)O)cc1. The fourth-order valence-electron chi connectivity index (χ4n) is 1.10. The lowest BCUT2D eigenvalue weighted by Crippen LogP contribution is -2.36. The number of guanidine groups is 1. The van der Waals surface area contributed by atoms with Crippen LogP contribution in [0.5, 0.6) is 5.75 Å². The Morgan fingerprint density at radius 3 is 2.32 bits per heavy atom. The molecule has 1 aromatic carbocycles. The molecule has 1 rings (SSSR count). The van der Waals surface area contributed by atoms with Gasteiger partial charge in [0.1, 0.15) is 5.75 Å². The quantitative estimate of drug-likeness (QED) is 0.521. The molecule has 0 unspecified atom stereocenters. The fourth-order valence-corrected chi connectivity index (χ4v) is 1.10. The van der Waals surface area contributed by atoms with E-state index < -0.39 is 18.0 Å². The zero-order chi connectivity index (χ0) is 14.4. The lowest BCUT2D eigenvalue weighted by molar-refractivity contribution is -0.117. The van der Waals surface area contributed by atoms with Gasteiger partial charge in [-0.25, -0.2) is 9.59 Å². The topological polar surface area (TPSA) is 131 Å². The highest BCUT2D eigenvalue weighted by molar-refractivity contribution is 5.99. The van der Waals surface area contributed by atoms with Gasteiger partial charge in [0.05, 0.1) is 5.56 Å². The van der Waals surface area contributed by atoms with Crippen LogP contribution in [0, 0.1) is 0 Å². The van der Waals surface area contributed by atoms with Gasteiger partial charge in [-0.3, -0.25) is 10.1 Å². The lowest BCUT2D eigenvalue weighted by atomic mass is 10.2. The number of nitrogens with zero attached hydrogens (tertiary/aromatic N) is 1. The Bertz CT molecular complexity index is 536. The highest BCUT2D eigenvalue weighted by Crippen LogP contribution is 2.12. The van der Waals surface area contributed by atoms with Crippen molar-refractivity contribution >= 4 is 23.9 Å². The molecule has 100 valence electrons. The third-order valence-electron chi connectivity index (χ3n) is 1.82. The van der Waals surface area contributed by atoms with Gasteiger partial charge >= 0.3 is 12.1 Å². The summed E-state index contributed by atoms with van der Waals surface area (Å²) in [5, 5.41) is 10.8. The van der Waals surface area contributed by atoms with Crippen molar-refractivity contribution in [2.24, 2.45) is 10.7 Å². The number of hydrogen-bond acceptors (Lipinski definition) is 4. The van der Waals surface area contributed by atoms with Crippen LogP contribution >= 0.6 is 0 Å². The Hall–Kier alpha value is -2.90. The van der Waals surface area contributed by atoms with Crippen molar-refractivity contribution in [1.82, 2.24) is 5.32 Å². The maximum Gasteiger partial charge on any atom is 0.442 e. The summed E-state index contributed by atoms with van der Waals surface area (Å²) in [7, 11) is 0. The van der Waals surface area contributed by atoms with Crippen LogP contribution in [-0.4, -0.2) is 29.0 Å². The van der Waals surface area contributed by atoms with Crippen LogP contribution in [0.4, 0.5) is 4.79 Å². The Balaban J connectivity index is 2.67. The molecule has 0 aliphatic carbocycles. The van der Waals surface area contributed by atoms with E-state index in [1.165, 1.54) is 31.2 Å². The van der Waals surface area contributed by atoms with Gasteiger partial charge in [-0.1, -0.05) is 0 Å². The average Bonchev–Trinajstić information content (AvgIpc) is 2.27. The molecule has 0 heterocycles. The number of hydrogen-bond donors (Lipinski definition) is 3. The second-order valence-electron chi connectivity index (χ2n) is 3.38. The molecule has 0 aromatic heterocycles. The van der Waals surface area contributed by atoms with Crippen molar-refractivity contribution in [3.8, 4) is 5.75 Å². The van der Waals surface area contributed by atoms with Gasteiger partial charge in [-0.2, -0.15) is 0 Å². The zero-order valence-corrected chi connectivity index (χ0v) is 9.91. The minimum Gasteiger partial charge on any atom is -0.478 e. The predicted molar refractivity (Wildman–Crippen MR) is 64.9 cm³/mol. The highest BCUT2D eigenvalue weighted by atomic mass is 16.5. The minimum absolute atomic E-state index is 0.0565. The molecule has 4 N–H and O–H groups in total. The molecule has 0 radical (unpaired) electrons. The molecule has 19 heavy (non-hydrogen) atoms. The lowest BCUT2D eigenvalue weighted by Gasteiger charge is -2.02. The number of amides is 2. The zero-order valence-electron chi connectivity index (χ0n) is 9.91. The molecule has 8 nitrogen and oxygen atoms in total. The molecular weight excluding hydrogens is 254 g/mol. The molecule has 0 aliphatic rings. The van der Waals surface area contributed by atoms with E-state index in [1.54, 1.807) is 0 Å². The molecule has 0 spiro atoms. The van der Waals surface area contributed by atoms with Crippen molar-refractivity contribution in [3.05, 3.63) is 29.8 Å². The van der Waals surface area contributed by atoms with Crippen LogP contribution in [0.15, 0.2) is 29.3 Å². The number of benzene rings is 1. The Morgan fingerprint density at radius 2 is 1.84 bits per heavy atom. The number of aromatic carboxylic acids is 1. The number of nitrogens with one attached hydrogen (secondary N) is 1. The number of nitrogens with two attached hydrogens (primary N) is 1. The summed E-state index contributed by atoms with van der Waals surface area (Å²) in [6, 6.07) is 5.13. The van der Waals surface area contributed by atoms with E-state index in [9.17, 15) is 14.4 Å². The second kappa shape index (κ2) is 6.15. The second-order valence-corrected chi connectivity index (χ2v) is 3.38. The first-order valence-corrected chi connectivity index (χ1v) is 5.05. The molecule has 2 amide bonds. The van der Waals surface area contributed by atoms with Crippen LogP contribution in [0.3, 0.4) is 0 Å². The fraction of sp³-hybridized carbons (Fsp3) is 0.0909. The van der Waals surface area contributed by atoms with Crippen LogP contribution in [-0.2, 0) is 4.79 Å². The van der Waals surface area contributed by atoms with Crippen LogP contribution in [0.2, 0.25) is 0 Å². The van der Waals surface area contributed by atoms with E-state index in [2.05, 4.69) is 10.3 Å². The first-order chi connectivity index (χ1) is 8.88. The summed E-state index contributed by atoms with van der Waals surface area (Å²) >= 11 is 0. The van der Waals surface area contributed by atoms with E-state index in [1.807, 2.05) is 0 Å². The van der Waals surface area contributed by atoms with Gasteiger partial charge in [0.2, 0.25) is 11.9 Å². The molecule has 0 saturated carbocycles. The van der Waals surface area contributed by atoms with E-state index in [0.717, 1.165) is 0 Å². The number of carboxylic acid groups (broad SMARTS) is 1.